The number of sulfonamides is 1. The quantitative estimate of drug-likeness (QED) is 0.557. The second-order valence-electron chi connectivity index (χ2n) is 5.99. The molecule has 0 aliphatic carbocycles. The highest BCUT2D eigenvalue weighted by Gasteiger charge is 2.30. The Bertz CT molecular complexity index is 1140. The summed E-state index contributed by atoms with van der Waals surface area (Å²) in [6.45, 7) is -0.442. The first-order valence-electron chi connectivity index (χ1n) is 8.29. The maximum atomic E-state index is 14.0. The Kier molecular flexibility index (Phi) is 5.92. The third kappa shape index (κ3) is 5.03. The Labute approximate surface area is 168 Å². The fourth-order valence-electron chi connectivity index (χ4n) is 2.37. The van der Waals surface area contributed by atoms with Gasteiger partial charge >= 0.3 is 6.18 Å². The molecule has 11 heteroatoms. The molecule has 0 unspecified atom stereocenters. The van der Waals surface area contributed by atoms with E-state index < -0.39 is 45.8 Å². The zero-order chi connectivity index (χ0) is 21.9. The molecule has 0 saturated heterocycles. The minimum atomic E-state index is -4.51. The number of anilines is 1. The van der Waals surface area contributed by atoms with Crippen LogP contribution in [0, 0.1) is 11.6 Å². The van der Waals surface area contributed by atoms with Crippen molar-refractivity contribution in [3.63, 3.8) is 0 Å². The van der Waals surface area contributed by atoms with Gasteiger partial charge in [0.25, 0.3) is 10.0 Å². The number of hydrogen-bond acceptors (Lipinski definition) is 4. The molecule has 0 saturated carbocycles. The van der Waals surface area contributed by atoms with Crippen LogP contribution in [0.1, 0.15) is 11.3 Å². The summed E-state index contributed by atoms with van der Waals surface area (Å²) in [5.41, 5.74) is -1.06. The SMILES string of the molecule is O=S(=O)(Nc1nc(COc2ccc(C(F)(F)F)cc2)cc(F)c1F)c1ccccc1. The summed E-state index contributed by atoms with van der Waals surface area (Å²) >= 11 is 0. The van der Waals surface area contributed by atoms with Crippen LogP contribution in [0.5, 0.6) is 5.75 Å². The van der Waals surface area contributed by atoms with E-state index >= 15 is 0 Å². The van der Waals surface area contributed by atoms with Crippen LogP contribution in [0.4, 0.5) is 27.8 Å². The van der Waals surface area contributed by atoms with Gasteiger partial charge in [0.1, 0.15) is 12.4 Å². The van der Waals surface area contributed by atoms with Crippen molar-refractivity contribution < 1.29 is 35.1 Å². The van der Waals surface area contributed by atoms with Crippen LogP contribution in [0.25, 0.3) is 0 Å². The van der Waals surface area contributed by atoms with Crippen molar-refractivity contribution in [2.75, 3.05) is 4.72 Å². The lowest BCUT2D eigenvalue weighted by atomic mass is 10.2. The highest BCUT2D eigenvalue weighted by Crippen LogP contribution is 2.30. The van der Waals surface area contributed by atoms with Gasteiger partial charge in [-0.3, -0.25) is 4.72 Å². The van der Waals surface area contributed by atoms with E-state index in [1.165, 1.54) is 24.3 Å². The van der Waals surface area contributed by atoms with Gasteiger partial charge in [0.05, 0.1) is 16.2 Å². The highest BCUT2D eigenvalue weighted by atomic mass is 32.2. The van der Waals surface area contributed by atoms with Gasteiger partial charge in [0.2, 0.25) is 5.82 Å². The summed E-state index contributed by atoms with van der Waals surface area (Å²) in [7, 11) is -4.22. The topological polar surface area (TPSA) is 68.3 Å². The zero-order valence-corrected chi connectivity index (χ0v) is 15.8. The smallest absolute Gasteiger partial charge is 0.416 e. The van der Waals surface area contributed by atoms with Gasteiger partial charge in [0.15, 0.2) is 11.6 Å². The lowest BCUT2D eigenvalue weighted by molar-refractivity contribution is -0.137. The molecular weight excluding hydrogens is 431 g/mol. The lowest BCUT2D eigenvalue weighted by Gasteiger charge is -2.12. The van der Waals surface area contributed by atoms with Gasteiger partial charge in [-0.1, -0.05) is 18.2 Å². The molecule has 3 rings (SSSR count). The Morgan fingerprint density at radius 3 is 2.20 bits per heavy atom. The van der Waals surface area contributed by atoms with Crippen molar-refractivity contribution >= 4 is 15.8 Å². The largest absolute Gasteiger partial charge is 0.487 e. The summed E-state index contributed by atoms with van der Waals surface area (Å²) in [4.78, 5) is 3.52. The third-order valence-electron chi connectivity index (χ3n) is 3.82. The molecule has 0 aliphatic rings. The molecule has 158 valence electrons. The van der Waals surface area contributed by atoms with Gasteiger partial charge in [-0.05, 0) is 36.4 Å². The summed E-state index contributed by atoms with van der Waals surface area (Å²) in [5.74, 6) is -3.72. The lowest BCUT2D eigenvalue weighted by Crippen LogP contribution is -2.16. The van der Waals surface area contributed by atoms with Gasteiger partial charge in [-0.2, -0.15) is 17.6 Å². The second kappa shape index (κ2) is 8.27. The minimum Gasteiger partial charge on any atom is -0.487 e. The van der Waals surface area contributed by atoms with Crippen LogP contribution in [-0.2, 0) is 22.8 Å². The standard InChI is InChI=1S/C19H13F5N2O3S/c20-16-10-13(11-29-14-8-6-12(7-9-14)19(22,23)24)25-18(17(16)21)26-30(27,28)15-4-2-1-3-5-15/h1-10H,11H2,(H,25,26). The number of nitrogens with zero attached hydrogens (tertiary/aromatic N) is 1. The van der Waals surface area contributed by atoms with Crippen molar-refractivity contribution in [1.82, 2.24) is 4.98 Å². The number of benzene rings is 2. The normalized spacial score (nSPS) is 11.9. The van der Waals surface area contributed by atoms with E-state index in [1.807, 2.05) is 4.72 Å². The van der Waals surface area contributed by atoms with Gasteiger partial charge in [0, 0.05) is 6.07 Å². The first kappa shape index (κ1) is 21.5. The number of pyridine rings is 1. The van der Waals surface area contributed by atoms with Crippen molar-refractivity contribution in [2.45, 2.75) is 17.7 Å². The van der Waals surface area contributed by atoms with Crippen molar-refractivity contribution in [3.05, 3.63) is 83.6 Å². The van der Waals surface area contributed by atoms with E-state index in [0.717, 1.165) is 24.3 Å². The van der Waals surface area contributed by atoms with Crippen LogP contribution >= 0.6 is 0 Å². The Morgan fingerprint density at radius 1 is 0.967 bits per heavy atom. The Hall–Kier alpha value is -3.21. The molecule has 3 aromatic rings. The number of rotatable bonds is 6. The fraction of sp³-hybridized carbons (Fsp3) is 0.105. The maximum absolute atomic E-state index is 14.0. The average molecular weight is 444 g/mol. The van der Waals surface area contributed by atoms with Crippen LogP contribution < -0.4 is 9.46 Å². The fourth-order valence-corrected chi connectivity index (χ4v) is 3.40. The first-order chi connectivity index (χ1) is 14.1. The number of aromatic nitrogens is 1. The number of halogens is 5. The van der Waals surface area contributed by atoms with Crippen molar-refractivity contribution in [2.24, 2.45) is 0 Å². The number of hydrogen-bond donors (Lipinski definition) is 1. The molecule has 0 radical (unpaired) electrons. The molecule has 2 aromatic carbocycles. The molecule has 0 bridgehead atoms. The molecule has 1 heterocycles. The van der Waals surface area contributed by atoms with Crippen molar-refractivity contribution in [3.8, 4) is 5.75 Å². The summed E-state index contributed by atoms with van der Waals surface area (Å²) in [6.07, 6.45) is -4.51. The van der Waals surface area contributed by atoms with Crippen molar-refractivity contribution in [1.29, 1.82) is 0 Å². The molecule has 0 atom stereocenters. The molecular formula is C19H13F5N2O3S. The molecule has 0 amide bonds. The Balaban J connectivity index is 1.78. The van der Waals surface area contributed by atoms with Crippen LogP contribution in [0.15, 0.2) is 65.6 Å². The van der Waals surface area contributed by atoms with E-state index in [0.29, 0.717) is 6.07 Å². The number of ether oxygens (including phenoxy) is 1. The van der Waals surface area contributed by atoms with Gasteiger partial charge in [-0.15, -0.1) is 0 Å². The molecule has 0 aliphatic heterocycles. The average Bonchev–Trinajstić information content (AvgIpc) is 2.70. The predicted molar refractivity (Wildman–Crippen MR) is 97.2 cm³/mol. The molecule has 0 spiro atoms. The van der Waals surface area contributed by atoms with Gasteiger partial charge < -0.3 is 4.74 Å². The monoisotopic (exact) mass is 444 g/mol. The minimum absolute atomic E-state index is 0.0287. The van der Waals surface area contributed by atoms with E-state index in [1.54, 1.807) is 6.07 Å². The number of nitrogens with one attached hydrogen (secondary N) is 1. The van der Waals surface area contributed by atoms with E-state index in [4.69, 9.17) is 4.74 Å². The first-order valence-corrected chi connectivity index (χ1v) is 9.77. The number of alkyl halides is 3. The molecule has 5 nitrogen and oxygen atoms in total. The summed E-state index contributed by atoms with van der Waals surface area (Å²) in [5, 5.41) is 0. The van der Waals surface area contributed by atoms with E-state index in [2.05, 4.69) is 4.98 Å². The Morgan fingerprint density at radius 2 is 1.60 bits per heavy atom. The molecule has 1 aromatic heterocycles. The highest BCUT2D eigenvalue weighted by molar-refractivity contribution is 7.92. The van der Waals surface area contributed by atoms with E-state index in [9.17, 15) is 30.4 Å². The predicted octanol–water partition coefficient (Wildman–Crippen LogP) is 4.76. The van der Waals surface area contributed by atoms with Crippen LogP contribution in [-0.4, -0.2) is 13.4 Å². The maximum Gasteiger partial charge on any atom is 0.416 e. The van der Waals surface area contributed by atoms with Crippen LogP contribution in [0.3, 0.4) is 0 Å². The molecule has 0 fully saturated rings. The molecule has 30 heavy (non-hydrogen) atoms. The van der Waals surface area contributed by atoms with Gasteiger partial charge in [-0.25, -0.2) is 17.8 Å². The third-order valence-corrected chi connectivity index (χ3v) is 5.17. The second-order valence-corrected chi connectivity index (χ2v) is 7.67. The van der Waals surface area contributed by atoms with E-state index in [-0.39, 0.29) is 16.3 Å². The summed E-state index contributed by atoms with van der Waals surface area (Å²) in [6, 6.07) is 11.4. The molecule has 1 N–H and O–H groups in total. The summed E-state index contributed by atoms with van der Waals surface area (Å²) < 4.78 is 97.4. The zero-order valence-electron chi connectivity index (χ0n) is 15.0. The van der Waals surface area contributed by atoms with Crippen LogP contribution in [0.2, 0.25) is 0 Å².